The molecule has 1 aliphatic rings. The van der Waals surface area contributed by atoms with E-state index in [0.717, 1.165) is 14.7 Å². The van der Waals surface area contributed by atoms with E-state index in [-0.39, 0.29) is 34.6 Å². The lowest BCUT2D eigenvalue weighted by atomic mass is 10.1. The van der Waals surface area contributed by atoms with Gasteiger partial charge in [-0.2, -0.15) is 4.31 Å². The highest BCUT2D eigenvalue weighted by Gasteiger charge is 2.36. The van der Waals surface area contributed by atoms with Crippen molar-refractivity contribution >= 4 is 52.9 Å². The van der Waals surface area contributed by atoms with E-state index in [9.17, 15) is 21.9 Å². The van der Waals surface area contributed by atoms with E-state index in [2.05, 4.69) is 9.97 Å². The molecule has 3 aromatic carbocycles. The Morgan fingerprint density at radius 2 is 1.62 bits per heavy atom. The minimum Gasteiger partial charge on any atom is -0.385 e. The monoisotopic (exact) mass is 601 g/mol. The van der Waals surface area contributed by atoms with Crippen molar-refractivity contribution in [2.45, 2.75) is 35.3 Å². The number of aliphatic hydroxyl groups is 1. The number of nitrogens with zero attached hydrogens (tertiary/aromatic N) is 5. The molecule has 10 nitrogen and oxygen atoms in total. The summed E-state index contributed by atoms with van der Waals surface area (Å²) in [7, 11) is -7.71. The fourth-order valence-corrected chi connectivity index (χ4v) is 8.70. The third kappa shape index (κ3) is 4.13. The molecule has 0 bridgehead atoms. The van der Waals surface area contributed by atoms with E-state index in [1.807, 2.05) is 34.9 Å². The van der Waals surface area contributed by atoms with E-state index < -0.39 is 26.2 Å². The second-order valence-electron chi connectivity index (χ2n) is 10.5. The molecule has 7 rings (SSSR count). The SMILES string of the molecule is C[C@@H](O)c1nc2cnc3c(ccn3S(=O)(=O)c3ccccc3)c2n1C1CCN(S(=O)(=O)c2ccc3ccccc3c2)C1. The highest BCUT2D eigenvalue weighted by molar-refractivity contribution is 7.90. The van der Waals surface area contributed by atoms with E-state index in [0.29, 0.717) is 28.7 Å². The fourth-order valence-electron chi connectivity index (χ4n) is 5.85. The molecule has 0 aliphatic carbocycles. The number of aliphatic hydroxyl groups excluding tert-OH is 1. The largest absolute Gasteiger partial charge is 0.385 e. The molecule has 1 saturated heterocycles. The van der Waals surface area contributed by atoms with Gasteiger partial charge < -0.3 is 9.67 Å². The zero-order valence-electron chi connectivity index (χ0n) is 22.6. The predicted octanol–water partition coefficient (Wildman–Crippen LogP) is 4.47. The topological polar surface area (TPSA) is 127 Å². The van der Waals surface area contributed by atoms with Gasteiger partial charge in [-0.1, -0.05) is 48.5 Å². The molecule has 42 heavy (non-hydrogen) atoms. The summed E-state index contributed by atoms with van der Waals surface area (Å²) in [5, 5.41) is 13.0. The summed E-state index contributed by atoms with van der Waals surface area (Å²) in [5.41, 5.74) is 1.32. The van der Waals surface area contributed by atoms with Crippen LogP contribution >= 0.6 is 0 Å². The summed E-state index contributed by atoms with van der Waals surface area (Å²) in [6.45, 7) is 2.06. The van der Waals surface area contributed by atoms with Crippen LogP contribution in [0.2, 0.25) is 0 Å². The summed E-state index contributed by atoms with van der Waals surface area (Å²) in [4.78, 5) is 9.44. The van der Waals surface area contributed by atoms with Gasteiger partial charge in [-0.05, 0) is 54.4 Å². The molecule has 1 N–H and O–H groups in total. The van der Waals surface area contributed by atoms with Crippen molar-refractivity contribution in [1.29, 1.82) is 0 Å². The Balaban J connectivity index is 1.32. The van der Waals surface area contributed by atoms with Crippen LogP contribution in [0.5, 0.6) is 0 Å². The lowest BCUT2D eigenvalue weighted by Crippen LogP contribution is -2.29. The average molecular weight is 602 g/mol. The number of benzene rings is 3. The molecule has 0 radical (unpaired) electrons. The first-order chi connectivity index (χ1) is 20.2. The summed E-state index contributed by atoms with van der Waals surface area (Å²) in [6, 6.07) is 22.2. The van der Waals surface area contributed by atoms with Crippen molar-refractivity contribution in [3.8, 4) is 0 Å². The van der Waals surface area contributed by atoms with Crippen molar-refractivity contribution in [3.63, 3.8) is 0 Å². The molecule has 0 spiro atoms. The van der Waals surface area contributed by atoms with E-state index >= 15 is 0 Å². The van der Waals surface area contributed by atoms with Gasteiger partial charge in [0.1, 0.15) is 17.4 Å². The van der Waals surface area contributed by atoms with Gasteiger partial charge >= 0.3 is 0 Å². The Bertz CT molecular complexity index is 2210. The number of hydrogen-bond donors (Lipinski definition) is 1. The molecule has 6 aromatic rings. The van der Waals surface area contributed by atoms with E-state index in [1.54, 1.807) is 43.3 Å². The van der Waals surface area contributed by atoms with Gasteiger partial charge in [0, 0.05) is 24.7 Å². The first kappa shape index (κ1) is 26.8. The van der Waals surface area contributed by atoms with Gasteiger partial charge in [0.25, 0.3) is 10.0 Å². The van der Waals surface area contributed by atoms with Gasteiger partial charge in [0.05, 0.1) is 27.5 Å². The standard InChI is InChI=1S/C30H27N5O5S2/c1-20(36)29-32-27-18-31-30-26(14-16-34(30)42(39,40)24-9-3-2-4-10-24)28(27)35(29)23-13-15-33(19-23)41(37,38)25-12-11-21-7-5-6-8-22(21)17-25/h2-12,14,16-18,20,23,36H,13,15,19H2,1H3/t20-,23?/m1/s1. The molecule has 1 unspecified atom stereocenters. The highest BCUT2D eigenvalue weighted by Crippen LogP contribution is 2.36. The van der Waals surface area contributed by atoms with Crippen LogP contribution in [0.25, 0.3) is 32.8 Å². The Hall–Kier alpha value is -4.10. The van der Waals surface area contributed by atoms with Crippen LogP contribution in [0.15, 0.2) is 101 Å². The Morgan fingerprint density at radius 3 is 2.38 bits per heavy atom. The second kappa shape index (κ2) is 9.73. The molecule has 3 aromatic heterocycles. The molecule has 1 aliphatic heterocycles. The quantitative estimate of drug-likeness (QED) is 0.299. The molecule has 12 heteroatoms. The molecule has 4 heterocycles. The summed E-state index contributed by atoms with van der Waals surface area (Å²) in [6.07, 6.45) is 2.50. The van der Waals surface area contributed by atoms with Crippen LogP contribution in [0, 0.1) is 0 Å². The zero-order valence-corrected chi connectivity index (χ0v) is 24.2. The lowest BCUT2D eigenvalue weighted by Gasteiger charge is -2.20. The maximum Gasteiger partial charge on any atom is 0.269 e. The maximum absolute atomic E-state index is 13.7. The normalized spacial score (nSPS) is 17.4. The Kier molecular flexibility index (Phi) is 6.21. The molecule has 0 saturated carbocycles. The molecule has 1 fully saturated rings. The van der Waals surface area contributed by atoms with Crippen molar-refractivity contribution in [2.75, 3.05) is 13.1 Å². The van der Waals surface area contributed by atoms with E-state index in [1.165, 1.54) is 28.8 Å². The van der Waals surface area contributed by atoms with Gasteiger partial charge in [0.2, 0.25) is 10.0 Å². The summed E-state index contributed by atoms with van der Waals surface area (Å²) >= 11 is 0. The van der Waals surface area contributed by atoms with Crippen molar-refractivity contribution < 1.29 is 21.9 Å². The third-order valence-corrected chi connectivity index (χ3v) is 11.4. The number of pyridine rings is 1. The third-order valence-electron chi connectivity index (χ3n) is 7.88. The number of sulfonamides is 1. The molecule has 0 amide bonds. The number of imidazole rings is 1. The maximum atomic E-state index is 13.7. The second-order valence-corrected chi connectivity index (χ2v) is 14.2. The van der Waals surface area contributed by atoms with Crippen LogP contribution in [0.4, 0.5) is 0 Å². The summed E-state index contributed by atoms with van der Waals surface area (Å²) < 4.78 is 58.8. The van der Waals surface area contributed by atoms with Gasteiger partial charge in [-0.3, -0.25) is 0 Å². The Labute approximate surface area is 242 Å². The molecular weight excluding hydrogens is 574 g/mol. The first-order valence-corrected chi connectivity index (χ1v) is 16.4. The van der Waals surface area contributed by atoms with Crippen molar-refractivity contribution in [3.05, 3.63) is 97.1 Å². The van der Waals surface area contributed by atoms with Crippen LogP contribution in [0.1, 0.15) is 31.3 Å². The first-order valence-electron chi connectivity index (χ1n) is 13.5. The highest BCUT2D eigenvalue weighted by atomic mass is 32.2. The van der Waals surface area contributed by atoms with Gasteiger partial charge in [0.15, 0.2) is 5.65 Å². The predicted molar refractivity (Wildman–Crippen MR) is 159 cm³/mol. The van der Waals surface area contributed by atoms with E-state index in [4.69, 9.17) is 0 Å². The molecular formula is C30H27N5O5S2. The molecule has 2 atom stereocenters. The smallest absolute Gasteiger partial charge is 0.269 e. The number of rotatable bonds is 6. The lowest BCUT2D eigenvalue weighted by molar-refractivity contribution is 0.182. The van der Waals surface area contributed by atoms with Gasteiger partial charge in [-0.25, -0.2) is 30.8 Å². The van der Waals surface area contributed by atoms with Crippen LogP contribution < -0.4 is 0 Å². The van der Waals surface area contributed by atoms with Crippen molar-refractivity contribution in [1.82, 2.24) is 22.8 Å². The van der Waals surface area contributed by atoms with Crippen LogP contribution in [-0.2, 0) is 20.0 Å². The van der Waals surface area contributed by atoms with Crippen molar-refractivity contribution in [2.24, 2.45) is 0 Å². The Morgan fingerprint density at radius 1 is 0.881 bits per heavy atom. The zero-order chi connectivity index (χ0) is 29.2. The number of aromatic nitrogens is 4. The fraction of sp³-hybridized carbons (Fsp3) is 0.200. The van der Waals surface area contributed by atoms with Crippen LogP contribution in [0.3, 0.4) is 0 Å². The molecule has 214 valence electrons. The minimum atomic E-state index is -3.92. The summed E-state index contributed by atoms with van der Waals surface area (Å²) in [5.74, 6) is 0.368. The van der Waals surface area contributed by atoms with Crippen LogP contribution in [-0.4, -0.2) is 57.8 Å². The number of fused-ring (bicyclic) bond motifs is 4. The average Bonchev–Trinajstić information content (AvgIpc) is 3.74. The minimum absolute atomic E-state index is 0.132. The van der Waals surface area contributed by atoms with Gasteiger partial charge in [-0.15, -0.1) is 0 Å². The number of hydrogen-bond acceptors (Lipinski definition) is 7.